The van der Waals surface area contributed by atoms with Gasteiger partial charge in [-0.2, -0.15) is 5.26 Å². The third-order valence-electron chi connectivity index (χ3n) is 6.15. The zero-order valence-electron chi connectivity index (χ0n) is 15.5. The van der Waals surface area contributed by atoms with Gasteiger partial charge in [-0.1, -0.05) is 13.0 Å². The molecule has 1 saturated carbocycles. The molecule has 3 heterocycles. The summed E-state index contributed by atoms with van der Waals surface area (Å²) >= 11 is 0. The lowest BCUT2D eigenvalue weighted by molar-refractivity contribution is -0.0593. The van der Waals surface area contributed by atoms with Crippen molar-refractivity contribution >= 4 is 11.5 Å². The maximum Gasteiger partial charge on any atom is 0.337 e. The number of pyridine rings is 1. The maximum absolute atomic E-state index is 11.8. The summed E-state index contributed by atoms with van der Waals surface area (Å²) in [5.74, 6) is -0.383. The number of carboxylic acids is 1. The lowest BCUT2D eigenvalue weighted by Crippen LogP contribution is -2.33. The number of carboxylic acid groups (broad SMARTS) is 1. The summed E-state index contributed by atoms with van der Waals surface area (Å²) in [6.45, 7) is 6.97. The summed E-state index contributed by atoms with van der Waals surface area (Å²) in [5, 5.41) is 19.4. The summed E-state index contributed by atoms with van der Waals surface area (Å²) in [6, 6.07) is 6.47. The van der Waals surface area contributed by atoms with Crippen LogP contribution in [0.15, 0.2) is 24.5 Å². The van der Waals surface area contributed by atoms with Gasteiger partial charge in [0, 0.05) is 24.6 Å². The average Bonchev–Trinajstić information content (AvgIpc) is 3.09. The molecule has 0 bridgehead atoms. The normalized spacial score (nSPS) is 30.1. The van der Waals surface area contributed by atoms with E-state index in [1.54, 1.807) is 6.20 Å². The van der Waals surface area contributed by atoms with E-state index in [4.69, 9.17) is 4.74 Å². The smallest absolute Gasteiger partial charge is 0.337 e. The number of fused-ring (bicyclic) bond motifs is 1. The summed E-state index contributed by atoms with van der Waals surface area (Å²) < 4.78 is 7.72. The number of ether oxygens (including phenoxy) is 1. The van der Waals surface area contributed by atoms with Gasteiger partial charge in [-0.05, 0) is 56.6 Å². The zero-order chi connectivity index (χ0) is 18.7. The molecule has 2 fully saturated rings. The third-order valence-corrected chi connectivity index (χ3v) is 6.15. The fourth-order valence-electron chi connectivity index (χ4n) is 4.57. The van der Waals surface area contributed by atoms with E-state index in [0.717, 1.165) is 31.4 Å². The molecule has 1 N–H and O–H groups in total. The number of hydrogen-bond donors (Lipinski definition) is 1. The first-order chi connectivity index (χ1) is 12.3. The third kappa shape index (κ3) is 2.52. The Morgan fingerprint density at radius 2 is 2.08 bits per heavy atom. The highest BCUT2D eigenvalue weighted by Crippen LogP contribution is 2.56. The van der Waals surface area contributed by atoms with Crippen molar-refractivity contribution in [1.82, 2.24) is 4.40 Å². The van der Waals surface area contributed by atoms with Crippen LogP contribution in [0, 0.1) is 17.2 Å². The first kappa shape index (κ1) is 17.1. The van der Waals surface area contributed by atoms with Gasteiger partial charge in [0.25, 0.3) is 0 Å². The highest BCUT2D eigenvalue weighted by Gasteiger charge is 2.56. The molecule has 0 aromatic carbocycles. The molecule has 1 aliphatic carbocycles. The number of nitrogens with zero attached hydrogens (tertiary/aromatic N) is 2. The highest BCUT2D eigenvalue weighted by molar-refractivity contribution is 5.94. The Hall–Kier alpha value is -2.32. The number of hydrogen-bond acceptors (Lipinski definition) is 3. The standard InChI is InChI=1S/C21H24N2O3/c1-13-8-21(13,12-22)18-16(19(24)25)11-23-10-15(4-5-17(18)23)14-6-7-26-20(2,3)9-14/h4-5,10-11,13-14H,6-9H2,1-3H3,(H,24,25)/t13-,14?,21?/m0/s1. The van der Waals surface area contributed by atoms with Gasteiger partial charge in [0.05, 0.1) is 28.2 Å². The molecule has 1 saturated heterocycles. The van der Waals surface area contributed by atoms with E-state index < -0.39 is 11.4 Å². The summed E-state index contributed by atoms with van der Waals surface area (Å²) in [6.07, 6.45) is 6.34. The van der Waals surface area contributed by atoms with Gasteiger partial charge in [0.2, 0.25) is 0 Å². The van der Waals surface area contributed by atoms with Gasteiger partial charge in [0.15, 0.2) is 0 Å². The van der Waals surface area contributed by atoms with E-state index in [-0.39, 0.29) is 17.1 Å². The number of rotatable bonds is 3. The summed E-state index contributed by atoms with van der Waals surface area (Å²) in [4.78, 5) is 11.8. The van der Waals surface area contributed by atoms with Crippen LogP contribution in [0.1, 0.15) is 67.4 Å². The lowest BCUT2D eigenvalue weighted by atomic mass is 9.84. The highest BCUT2D eigenvalue weighted by atomic mass is 16.5. The van der Waals surface area contributed by atoms with Gasteiger partial charge >= 0.3 is 5.97 Å². The Balaban J connectivity index is 1.81. The van der Waals surface area contributed by atoms with Crippen LogP contribution in [0.3, 0.4) is 0 Å². The second-order valence-corrected chi connectivity index (χ2v) is 8.46. The van der Waals surface area contributed by atoms with Crippen molar-refractivity contribution in [3.8, 4) is 6.07 Å². The van der Waals surface area contributed by atoms with E-state index >= 15 is 0 Å². The molecule has 26 heavy (non-hydrogen) atoms. The quantitative estimate of drug-likeness (QED) is 0.902. The molecular weight excluding hydrogens is 328 g/mol. The second-order valence-electron chi connectivity index (χ2n) is 8.46. The number of carbonyl (C=O) groups is 1. The van der Waals surface area contributed by atoms with Crippen LogP contribution in [0.25, 0.3) is 5.52 Å². The van der Waals surface area contributed by atoms with Crippen LogP contribution in [0.4, 0.5) is 0 Å². The molecule has 0 radical (unpaired) electrons. The van der Waals surface area contributed by atoms with Gasteiger partial charge in [0.1, 0.15) is 0 Å². The van der Waals surface area contributed by atoms with Crippen molar-refractivity contribution in [3.63, 3.8) is 0 Å². The fourth-order valence-corrected chi connectivity index (χ4v) is 4.57. The largest absolute Gasteiger partial charge is 0.478 e. The summed E-state index contributed by atoms with van der Waals surface area (Å²) in [5.41, 5.74) is 2.16. The first-order valence-electron chi connectivity index (χ1n) is 9.21. The number of aromatic nitrogens is 1. The van der Waals surface area contributed by atoms with E-state index in [0.29, 0.717) is 11.5 Å². The molecule has 2 aliphatic rings. The van der Waals surface area contributed by atoms with Crippen LogP contribution < -0.4 is 0 Å². The fraction of sp³-hybridized carbons (Fsp3) is 0.524. The lowest BCUT2D eigenvalue weighted by Gasteiger charge is -2.35. The predicted octanol–water partition coefficient (Wildman–Crippen LogP) is 4.11. The minimum Gasteiger partial charge on any atom is -0.478 e. The molecule has 2 unspecified atom stereocenters. The van der Waals surface area contributed by atoms with Crippen molar-refractivity contribution in [3.05, 3.63) is 41.2 Å². The Kier molecular flexibility index (Phi) is 3.68. The van der Waals surface area contributed by atoms with E-state index in [9.17, 15) is 15.2 Å². The molecule has 5 nitrogen and oxygen atoms in total. The van der Waals surface area contributed by atoms with E-state index in [1.807, 2.05) is 23.6 Å². The topological polar surface area (TPSA) is 74.7 Å². The van der Waals surface area contributed by atoms with Crippen LogP contribution in [-0.2, 0) is 10.2 Å². The van der Waals surface area contributed by atoms with E-state index in [1.165, 1.54) is 5.56 Å². The van der Waals surface area contributed by atoms with Crippen molar-refractivity contribution in [2.24, 2.45) is 5.92 Å². The van der Waals surface area contributed by atoms with Crippen molar-refractivity contribution < 1.29 is 14.6 Å². The Morgan fingerprint density at radius 3 is 2.65 bits per heavy atom. The number of aromatic carboxylic acids is 1. The SMILES string of the molecule is C[C@H]1CC1(C#N)c1c(C(=O)O)cn2cc(C3CCOC(C)(C)C3)ccc12. The Morgan fingerprint density at radius 1 is 1.35 bits per heavy atom. The van der Waals surface area contributed by atoms with Crippen LogP contribution >= 0.6 is 0 Å². The van der Waals surface area contributed by atoms with Crippen LogP contribution in [-0.4, -0.2) is 27.7 Å². The molecule has 4 rings (SSSR count). The Labute approximate surface area is 153 Å². The van der Waals surface area contributed by atoms with Crippen LogP contribution in [0.2, 0.25) is 0 Å². The monoisotopic (exact) mass is 352 g/mol. The molecule has 2 aromatic heterocycles. The molecule has 3 atom stereocenters. The minimum absolute atomic E-state index is 0.139. The van der Waals surface area contributed by atoms with Gasteiger partial charge in [-0.3, -0.25) is 0 Å². The Bertz CT molecular complexity index is 937. The van der Waals surface area contributed by atoms with Crippen molar-refractivity contribution in [2.45, 2.75) is 57.0 Å². The van der Waals surface area contributed by atoms with E-state index in [2.05, 4.69) is 26.0 Å². The zero-order valence-corrected chi connectivity index (χ0v) is 15.5. The number of nitriles is 1. The molecule has 136 valence electrons. The predicted molar refractivity (Wildman–Crippen MR) is 97.4 cm³/mol. The summed E-state index contributed by atoms with van der Waals surface area (Å²) in [7, 11) is 0. The average molecular weight is 352 g/mol. The molecule has 0 amide bonds. The maximum atomic E-state index is 11.8. The van der Waals surface area contributed by atoms with Crippen molar-refractivity contribution in [1.29, 1.82) is 5.26 Å². The molecule has 1 aliphatic heterocycles. The molecule has 5 heteroatoms. The molecular formula is C21H24N2O3. The first-order valence-corrected chi connectivity index (χ1v) is 9.21. The van der Waals surface area contributed by atoms with Crippen molar-refractivity contribution in [2.75, 3.05) is 6.61 Å². The minimum atomic E-state index is -0.967. The van der Waals surface area contributed by atoms with Gasteiger partial charge in [-0.25, -0.2) is 4.79 Å². The molecule has 2 aromatic rings. The molecule has 0 spiro atoms. The van der Waals surface area contributed by atoms with Gasteiger partial charge < -0.3 is 14.2 Å². The van der Waals surface area contributed by atoms with Crippen LogP contribution in [0.5, 0.6) is 0 Å². The second kappa shape index (κ2) is 5.59. The van der Waals surface area contributed by atoms with Gasteiger partial charge in [-0.15, -0.1) is 0 Å².